The third-order valence-electron chi connectivity index (χ3n) is 5.48. The first-order valence-electron chi connectivity index (χ1n) is 10.4. The average molecular weight is 415 g/mol. The fourth-order valence-electron chi connectivity index (χ4n) is 3.82. The van der Waals surface area contributed by atoms with Crippen LogP contribution < -0.4 is 5.56 Å². The number of benzene rings is 2. The minimum Gasteiger partial charge on any atom is -0.467 e. The number of carbonyl (C=O) groups is 1. The van der Waals surface area contributed by atoms with Crippen LogP contribution in [0.4, 0.5) is 0 Å². The molecular formula is C25H25N3O3. The van der Waals surface area contributed by atoms with Gasteiger partial charge in [0.1, 0.15) is 11.6 Å². The highest BCUT2D eigenvalue weighted by molar-refractivity contribution is 5.94. The molecule has 0 spiro atoms. The first kappa shape index (κ1) is 20.6. The van der Waals surface area contributed by atoms with Crippen LogP contribution in [0.1, 0.15) is 47.4 Å². The van der Waals surface area contributed by atoms with Crippen molar-refractivity contribution in [2.75, 3.05) is 0 Å². The first-order chi connectivity index (χ1) is 15.0. The maximum absolute atomic E-state index is 13.4. The molecule has 0 aliphatic heterocycles. The van der Waals surface area contributed by atoms with E-state index in [1.165, 1.54) is 0 Å². The summed E-state index contributed by atoms with van der Waals surface area (Å²) in [5.74, 6) is 1.07. The van der Waals surface area contributed by atoms with Crippen LogP contribution in [0.15, 0.2) is 76.1 Å². The van der Waals surface area contributed by atoms with Gasteiger partial charge in [0.2, 0.25) is 0 Å². The molecule has 0 saturated carbocycles. The second kappa shape index (κ2) is 8.60. The van der Waals surface area contributed by atoms with Gasteiger partial charge < -0.3 is 9.32 Å². The van der Waals surface area contributed by atoms with E-state index < -0.39 is 6.04 Å². The van der Waals surface area contributed by atoms with Gasteiger partial charge in [0.15, 0.2) is 0 Å². The van der Waals surface area contributed by atoms with Gasteiger partial charge in [-0.05, 0) is 57.2 Å². The molecule has 0 bridgehead atoms. The van der Waals surface area contributed by atoms with Gasteiger partial charge in [-0.2, -0.15) is 0 Å². The lowest BCUT2D eigenvalue weighted by atomic mass is 10.1. The molecule has 6 heteroatoms. The van der Waals surface area contributed by atoms with Crippen LogP contribution in [-0.4, -0.2) is 20.4 Å². The Kier molecular flexibility index (Phi) is 5.71. The van der Waals surface area contributed by atoms with E-state index in [2.05, 4.69) is 0 Å². The number of hydrogen-bond donors (Lipinski definition) is 0. The zero-order chi connectivity index (χ0) is 22.0. The van der Waals surface area contributed by atoms with Gasteiger partial charge in [0, 0.05) is 12.1 Å². The number of furan rings is 1. The van der Waals surface area contributed by atoms with Crippen molar-refractivity contribution in [1.82, 2.24) is 14.5 Å². The topological polar surface area (TPSA) is 68.3 Å². The van der Waals surface area contributed by atoms with Gasteiger partial charge in [-0.25, -0.2) is 4.98 Å². The Balaban J connectivity index is 1.83. The number of nitrogens with zero attached hydrogens (tertiary/aromatic N) is 3. The van der Waals surface area contributed by atoms with Crippen molar-refractivity contribution in [3.8, 4) is 0 Å². The number of rotatable bonds is 6. The lowest BCUT2D eigenvalue weighted by Gasteiger charge is -2.30. The number of aryl methyl sites for hydroxylation is 1. The van der Waals surface area contributed by atoms with Crippen molar-refractivity contribution in [3.63, 3.8) is 0 Å². The second-order valence-corrected chi connectivity index (χ2v) is 7.59. The van der Waals surface area contributed by atoms with Crippen LogP contribution >= 0.6 is 0 Å². The van der Waals surface area contributed by atoms with Crippen LogP contribution in [0, 0.1) is 6.92 Å². The molecule has 2 aromatic heterocycles. The molecule has 1 unspecified atom stereocenters. The minimum absolute atomic E-state index is 0.0943. The fraction of sp³-hybridized carbons (Fsp3) is 0.240. The molecule has 0 fully saturated rings. The quantitative estimate of drug-likeness (QED) is 0.457. The SMILES string of the molecule is CCn1c(C(C)N(Cc2ccco2)C(=O)c2ccccc2)nc2ccc(C)cc2c1=O. The Morgan fingerprint density at radius 1 is 1.13 bits per heavy atom. The smallest absolute Gasteiger partial charge is 0.261 e. The third-order valence-corrected chi connectivity index (χ3v) is 5.48. The van der Waals surface area contributed by atoms with Crippen LogP contribution in [-0.2, 0) is 13.1 Å². The number of aromatic nitrogens is 2. The number of carbonyl (C=O) groups excluding carboxylic acids is 1. The molecule has 158 valence electrons. The van der Waals surface area contributed by atoms with Crippen molar-refractivity contribution in [3.05, 3.63) is 100.0 Å². The summed E-state index contributed by atoms with van der Waals surface area (Å²) in [4.78, 5) is 33.2. The van der Waals surface area contributed by atoms with Gasteiger partial charge in [-0.15, -0.1) is 0 Å². The summed E-state index contributed by atoms with van der Waals surface area (Å²) in [6.45, 7) is 6.50. The number of fused-ring (bicyclic) bond motifs is 1. The van der Waals surface area contributed by atoms with E-state index in [-0.39, 0.29) is 18.0 Å². The van der Waals surface area contributed by atoms with Gasteiger partial charge in [-0.3, -0.25) is 14.2 Å². The highest BCUT2D eigenvalue weighted by Crippen LogP contribution is 2.25. The molecule has 2 heterocycles. The van der Waals surface area contributed by atoms with Crippen molar-refractivity contribution >= 4 is 16.8 Å². The molecule has 4 rings (SSSR count). The van der Waals surface area contributed by atoms with Gasteiger partial charge >= 0.3 is 0 Å². The lowest BCUT2D eigenvalue weighted by molar-refractivity contribution is 0.0646. The van der Waals surface area contributed by atoms with Crippen LogP contribution in [0.2, 0.25) is 0 Å². The molecule has 0 saturated heterocycles. The average Bonchev–Trinajstić information content (AvgIpc) is 3.31. The minimum atomic E-state index is -0.448. The van der Waals surface area contributed by atoms with E-state index >= 15 is 0 Å². The molecule has 1 amide bonds. The maximum atomic E-state index is 13.4. The molecule has 0 aliphatic carbocycles. The lowest BCUT2D eigenvalue weighted by Crippen LogP contribution is -2.37. The number of amides is 1. The monoisotopic (exact) mass is 415 g/mol. The standard InChI is InChI=1S/C25H25N3O3/c1-4-27-23(26-22-13-12-17(2)15-21(22)25(27)30)18(3)28(16-20-11-8-14-31-20)24(29)19-9-6-5-7-10-19/h5-15,18H,4,16H2,1-3H3. The first-order valence-corrected chi connectivity index (χ1v) is 10.4. The normalized spacial score (nSPS) is 12.1. The van der Waals surface area contributed by atoms with E-state index in [4.69, 9.17) is 9.40 Å². The van der Waals surface area contributed by atoms with E-state index in [1.54, 1.807) is 33.9 Å². The summed E-state index contributed by atoms with van der Waals surface area (Å²) in [6, 6.07) is 18.0. The molecule has 31 heavy (non-hydrogen) atoms. The van der Waals surface area contributed by atoms with E-state index in [1.807, 2.05) is 63.2 Å². The van der Waals surface area contributed by atoms with Gasteiger partial charge in [0.05, 0.1) is 29.8 Å². The molecule has 0 N–H and O–H groups in total. The van der Waals surface area contributed by atoms with E-state index in [0.717, 1.165) is 5.56 Å². The summed E-state index contributed by atoms with van der Waals surface area (Å²) < 4.78 is 7.17. The Morgan fingerprint density at radius 3 is 2.58 bits per heavy atom. The maximum Gasteiger partial charge on any atom is 0.261 e. The van der Waals surface area contributed by atoms with E-state index in [9.17, 15) is 9.59 Å². The summed E-state index contributed by atoms with van der Waals surface area (Å²) in [5.41, 5.74) is 2.12. The van der Waals surface area contributed by atoms with Crippen LogP contribution in [0.25, 0.3) is 10.9 Å². The molecule has 2 aromatic carbocycles. The number of hydrogen-bond acceptors (Lipinski definition) is 4. The summed E-state index contributed by atoms with van der Waals surface area (Å²) >= 11 is 0. The molecule has 1 atom stereocenters. The van der Waals surface area contributed by atoms with E-state index in [0.29, 0.717) is 34.6 Å². The largest absolute Gasteiger partial charge is 0.467 e. The summed E-state index contributed by atoms with van der Waals surface area (Å²) in [6.07, 6.45) is 1.59. The zero-order valence-corrected chi connectivity index (χ0v) is 17.9. The Bertz CT molecular complexity index is 1260. The predicted octanol–water partition coefficient (Wildman–Crippen LogP) is 4.72. The Morgan fingerprint density at radius 2 is 1.90 bits per heavy atom. The fourth-order valence-corrected chi connectivity index (χ4v) is 3.82. The van der Waals surface area contributed by atoms with Gasteiger partial charge in [-0.1, -0.05) is 29.8 Å². The van der Waals surface area contributed by atoms with Crippen LogP contribution in [0.5, 0.6) is 0 Å². The third kappa shape index (κ3) is 4.01. The second-order valence-electron chi connectivity index (χ2n) is 7.59. The van der Waals surface area contributed by atoms with Crippen molar-refractivity contribution in [1.29, 1.82) is 0 Å². The molecular weight excluding hydrogens is 390 g/mol. The molecule has 4 aromatic rings. The molecule has 6 nitrogen and oxygen atoms in total. The van der Waals surface area contributed by atoms with Crippen LogP contribution in [0.3, 0.4) is 0 Å². The Labute approximate surface area is 180 Å². The van der Waals surface area contributed by atoms with Crippen molar-refractivity contribution in [2.45, 2.75) is 39.9 Å². The summed E-state index contributed by atoms with van der Waals surface area (Å²) in [5, 5.41) is 0.588. The van der Waals surface area contributed by atoms with Crippen molar-refractivity contribution in [2.24, 2.45) is 0 Å². The highest BCUT2D eigenvalue weighted by atomic mass is 16.3. The summed E-state index contributed by atoms with van der Waals surface area (Å²) in [7, 11) is 0. The Hall–Kier alpha value is -3.67. The molecule has 0 radical (unpaired) electrons. The van der Waals surface area contributed by atoms with Crippen molar-refractivity contribution < 1.29 is 9.21 Å². The highest BCUT2D eigenvalue weighted by Gasteiger charge is 2.27. The predicted molar refractivity (Wildman–Crippen MR) is 120 cm³/mol. The molecule has 0 aliphatic rings. The zero-order valence-electron chi connectivity index (χ0n) is 17.9. The van der Waals surface area contributed by atoms with Gasteiger partial charge in [0.25, 0.3) is 11.5 Å².